The van der Waals surface area contributed by atoms with E-state index in [0.29, 0.717) is 18.3 Å². The third-order valence-corrected chi connectivity index (χ3v) is 8.37. The molecule has 0 radical (unpaired) electrons. The van der Waals surface area contributed by atoms with Crippen LogP contribution >= 0.6 is 0 Å². The van der Waals surface area contributed by atoms with Crippen molar-refractivity contribution in [2.45, 2.75) is 6.67 Å². The van der Waals surface area contributed by atoms with Gasteiger partial charge in [0.2, 0.25) is 0 Å². The largest absolute Gasteiger partial charge is 0.318 e. The van der Waals surface area contributed by atoms with E-state index in [2.05, 4.69) is 112 Å². The van der Waals surface area contributed by atoms with Crippen LogP contribution in [-0.2, 0) is 6.67 Å². The van der Waals surface area contributed by atoms with E-state index < -0.39 is 0 Å². The molecule has 0 spiro atoms. The smallest absolute Gasteiger partial charge is 0.161 e. The quantitative estimate of drug-likeness (QED) is 0.144. The zero-order valence-corrected chi connectivity index (χ0v) is 24.6. The predicted molar refractivity (Wildman–Crippen MR) is 189 cm³/mol. The highest BCUT2D eigenvalue weighted by molar-refractivity contribution is 6.23. The second kappa shape index (κ2) is 11.2. The lowest BCUT2D eigenvalue weighted by atomic mass is 10.1. The SMILES string of the molecule is C=NC(=NC(=NCn1c2ccccc2c2ccc3c4ccccc4n(-c4ccccc4)c3c21)c1ccccc1)c1ccccc1. The van der Waals surface area contributed by atoms with Gasteiger partial charge in [0.1, 0.15) is 6.67 Å². The van der Waals surface area contributed by atoms with Gasteiger partial charge in [0.25, 0.3) is 0 Å². The van der Waals surface area contributed by atoms with Gasteiger partial charge in [0.05, 0.1) is 22.1 Å². The molecule has 8 aromatic rings. The number of fused-ring (bicyclic) bond motifs is 7. The summed E-state index contributed by atoms with van der Waals surface area (Å²) in [6.07, 6.45) is 0. The fourth-order valence-corrected chi connectivity index (χ4v) is 6.37. The van der Waals surface area contributed by atoms with Crippen molar-refractivity contribution in [3.63, 3.8) is 0 Å². The minimum atomic E-state index is 0.367. The van der Waals surface area contributed by atoms with Crippen LogP contribution in [0.1, 0.15) is 11.1 Å². The maximum Gasteiger partial charge on any atom is 0.161 e. The molecular weight excluding hydrogens is 550 g/mol. The summed E-state index contributed by atoms with van der Waals surface area (Å²) in [6, 6.07) is 52.3. The van der Waals surface area contributed by atoms with Crippen molar-refractivity contribution in [3.05, 3.63) is 163 Å². The molecule has 5 heteroatoms. The summed E-state index contributed by atoms with van der Waals surface area (Å²) in [7, 11) is 0. The topological polar surface area (TPSA) is 46.9 Å². The van der Waals surface area contributed by atoms with Gasteiger partial charge in [-0.1, -0.05) is 127 Å². The fraction of sp³-hybridized carbons (Fsp3) is 0.0250. The van der Waals surface area contributed by atoms with E-state index in [1.54, 1.807) is 0 Å². The Labute approximate surface area is 260 Å². The van der Waals surface area contributed by atoms with E-state index in [4.69, 9.17) is 9.98 Å². The van der Waals surface area contributed by atoms with Gasteiger partial charge >= 0.3 is 0 Å². The molecule has 0 atom stereocenters. The van der Waals surface area contributed by atoms with Gasteiger partial charge < -0.3 is 9.13 Å². The maximum absolute atomic E-state index is 5.21. The standard InChI is InChI=1S/C40H29N5/c1-41-39(28-15-5-2-6-16-28)43-40(29-17-7-3-8-18-29)42-27-44-35-23-13-11-21-31(35)33-25-26-34-32-22-12-14-24-36(32)45(38(34)37(33)44)30-19-9-4-10-20-30/h2-26H,1,27H2. The summed E-state index contributed by atoms with van der Waals surface area (Å²) in [5, 5.41) is 4.81. The summed E-state index contributed by atoms with van der Waals surface area (Å²) in [6.45, 7) is 4.19. The van der Waals surface area contributed by atoms with Crippen LogP contribution in [0.15, 0.2) is 167 Å². The molecule has 0 aliphatic heterocycles. The molecule has 2 aromatic heterocycles. The molecule has 5 nitrogen and oxygen atoms in total. The molecule has 2 heterocycles. The van der Waals surface area contributed by atoms with E-state index in [1.807, 2.05) is 60.7 Å². The van der Waals surface area contributed by atoms with Crippen LogP contribution in [0.25, 0.3) is 49.3 Å². The second-order valence-electron chi connectivity index (χ2n) is 10.9. The first-order valence-electron chi connectivity index (χ1n) is 15.0. The molecule has 0 aliphatic rings. The Bertz CT molecular complexity index is 2400. The highest BCUT2D eigenvalue weighted by Gasteiger charge is 2.20. The van der Waals surface area contributed by atoms with Crippen molar-refractivity contribution in [1.29, 1.82) is 0 Å². The lowest BCUT2D eigenvalue weighted by Gasteiger charge is -2.12. The van der Waals surface area contributed by atoms with Crippen LogP contribution in [-0.4, -0.2) is 27.5 Å². The number of benzene rings is 6. The molecule has 0 saturated carbocycles. The highest BCUT2D eigenvalue weighted by Crippen LogP contribution is 2.40. The Morgan fingerprint density at radius 2 is 1.00 bits per heavy atom. The molecule has 0 aliphatic carbocycles. The molecule has 0 saturated heterocycles. The van der Waals surface area contributed by atoms with E-state index >= 15 is 0 Å². The first-order valence-corrected chi connectivity index (χ1v) is 15.0. The van der Waals surface area contributed by atoms with Crippen LogP contribution in [0.3, 0.4) is 0 Å². The summed E-state index contributed by atoms with van der Waals surface area (Å²) in [4.78, 5) is 14.5. The highest BCUT2D eigenvalue weighted by atomic mass is 15.1. The Kier molecular flexibility index (Phi) is 6.61. The van der Waals surface area contributed by atoms with Gasteiger partial charge in [-0.2, -0.15) is 0 Å². The molecule has 214 valence electrons. The number of hydrogen-bond donors (Lipinski definition) is 0. The fourth-order valence-electron chi connectivity index (χ4n) is 6.37. The molecule has 6 aromatic carbocycles. The van der Waals surface area contributed by atoms with Gasteiger partial charge in [0.15, 0.2) is 11.7 Å². The van der Waals surface area contributed by atoms with Crippen LogP contribution in [0.4, 0.5) is 0 Å². The van der Waals surface area contributed by atoms with Gasteiger partial charge in [0, 0.05) is 38.4 Å². The molecule has 0 amide bonds. The minimum Gasteiger partial charge on any atom is -0.318 e. The lowest BCUT2D eigenvalue weighted by Crippen LogP contribution is -2.07. The number of aliphatic imine (C=N–C) groups is 3. The zero-order chi connectivity index (χ0) is 30.2. The second-order valence-corrected chi connectivity index (χ2v) is 10.9. The average Bonchev–Trinajstić information content (AvgIpc) is 3.62. The maximum atomic E-state index is 5.21. The zero-order valence-electron chi connectivity index (χ0n) is 24.6. The number of para-hydroxylation sites is 3. The number of amidine groups is 2. The third-order valence-electron chi connectivity index (χ3n) is 8.37. The van der Waals surface area contributed by atoms with Crippen molar-refractivity contribution in [2.24, 2.45) is 15.0 Å². The summed E-state index contributed by atoms with van der Waals surface area (Å²) >= 11 is 0. The van der Waals surface area contributed by atoms with Crippen molar-refractivity contribution in [2.75, 3.05) is 0 Å². The Morgan fingerprint density at radius 1 is 0.489 bits per heavy atom. The lowest BCUT2D eigenvalue weighted by molar-refractivity contribution is 0.792. The molecule has 8 rings (SSSR count). The Morgan fingerprint density at radius 3 is 1.64 bits per heavy atom. The summed E-state index contributed by atoms with van der Waals surface area (Å²) < 4.78 is 4.71. The molecule has 0 fully saturated rings. The number of nitrogens with zero attached hydrogens (tertiary/aromatic N) is 5. The summed E-state index contributed by atoms with van der Waals surface area (Å²) in [5.41, 5.74) is 7.52. The average molecular weight is 580 g/mol. The van der Waals surface area contributed by atoms with E-state index in [-0.39, 0.29) is 0 Å². The van der Waals surface area contributed by atoms with Crippen molar-refractivity contribution < 1.29 is 0 Å². The predicted octanol–water partition coefficient (Wildman–Crippen LogP) is 9.44. The van der Waals surface area contributed by atoms with Gasteiger partial charge in [-0.15, -0.1) is 0 Å². The first-order chi connectivity index (χ1) is 22.3. The van der Waals surface area contributed by atoms with E-state index in [1.165, 1.54) is 27.1 Å². The molecule has 0 N–H and O–H groups in total. The van der Waals surface area contributed by atoms with Gasteiger partial charge in [-0.25, -0.2) is 15.0 Å². The Balaban J connectivity index is 1.42. The van der Waals surface area contributed by atoms with E-state index in [9.17, 15) is 0 Å². The van der Waals surface area contributed by atoms with Crippen LogP contribution < -0.4 is 0 Å². The molecular formula is C40H29N5. The molecule has 0 unspecified atom stereocenters. The first kappa shape index (κ1) is 26.5. The molecule has 0 bridgehead atoms. The molecule has 45 heavy (non-hydrogen) atoms. The van der Waals surface area contributed by atoms with Crippen LogP contribution in [0.2, 0.25) is 0 Å². The third kappa shape index (κ3) is 4.53. The Hall–Kier alpha value is -6.07. The van der Waals surface area contributed by atoms with Crippen molar-refractivity contribution in [1.82, 2.24) is 9.13 Å². The number of hydrogen-bond acceptors (Lipinski definition) is 1. The monoisotopic (exact) mass is 579 g/mol. The van der Waals surface area contributed by atoms with E-state index in [0.717, 1.165) is 33.4 Å². The van der Waals surface area contributed by atoms with Crippen molar-refractivity contribution in [3.8, 4) is 5.69 Å². The summed E-state index contributed by atoms with van der Waals surface area (Å²) in [5.74, 6) is 1.13. The minimum absolute atomic E-state index is 0.367. The number of rotatable bonds is 5. The van der Waals surface area contributed by atoms with Gasteiger partial charge in [-0.3, -0.25) is 0 Å². The normalized spacial score (nSPS) is 12.4. The van der Waals surface area contributed by atoms with Crippen LogP contribution in [0, 0.1) is 0 Å². The van der Waals surface area contributed by atoms with Crippen molar-refractivity contribution >= 4 is 62.0 Å². The van der Waals surface area contributed by atoms with Gasteiger partial charge in [-0.05, 0) is 31.0 Å². The number of aromatic nitrogens is 2. The van der Waals surface area contributed by atoms with Crippen LogP contribution in [0.5, 0.6) is 0 Å².